The molecule has 0 bridgehead atoms. The SMILES string of the molecule is CCC(NS(=O)(=O)c1ccc(CN)cn1)c1nccs1. The molecule has 108 valence electrons. The predicted octanol–water partition coefficient (Wildman–Crippen LogP) is 1.43. The summed E-state index contributed by atoms with van der Waals surface area (Å²) in [6, 6.07) is 2.78. The van der Waals surface area contributed by atoms with Crippen LogP contribution in [0.25, 0.3) is 0 Å². The van der Waals surface area contributed by atoms with Gasteiger partial charge in [0.15, 0.2) is 5.03 Å². The van der Waals surface area contributed by atoms with Gasteiger partial charge in [-0.2, -0.15) is 4.72 Å². The molecule has 0 spiro atoms. The molecule has 6 nitrogen and oxygen atoms in total. The van der Waals surface area contributed by atoms with Gasteiger partial charge in [0.05, 0.1) is 6.04 Å². The number of sulfonamides is 1. The number of pyridine rings is 1. The molecule has 2 heterocycles. The van der Waals surface area contributed by atoms with Crippen LogP contribution in [0, 0.1) is 0 Å². The van der Waals surface area contributed by atoms with E-state index in [1.165, 1.54) is 23.6 Å². The van der Waals surface area contributed by atoms with E-state index < -0.39 is 10.0 Å². The van der Waals surface area contributed by atoms with E-state index >= 15 is 0 Å². The van der Waals surface area contributed by atoms with Gasteiger partial charge < -0.3 is 5.73 Å². The highest BCUT2D eigenvalue weighted by Gasteiger charge is 2.22. The van der Waals surface area contributed by atoms with Crippen molar-refractivity contribution in [3.05, 3.63) is 40.5 Å². The standard InChI is InChI=1S/C12H16N4O2S2/c1-2-10(12-14-5-6-19-12)16-20(17,18)11-4-3-9(7-13)8-15-11/h3-6,8,10,16H,2,7,13H2,1H3. The largest absolute Gasteiger partial charge is 0.326 e. The molecule has 3 N–H and O–H groups in total. The maximum Gasteiger partial charge on any atom is 0.258 e. The number of nitrogens with one attached hydrogen (secondary N) is 1. The van der Waals surface area contributed by atoms with Gasteiger partial charge in [-0.25, -0.2) is 18.4 Å². The van der Waals surface area contributed by atoms with Gasteiger partial charge in [0, 0.05) is 24.3 Å². The van der Waals surface area contributed by atoms with Gasteiger partial charge in [-0.05, 0) is 18.1 Å². The summed E-state index contributed by atoms with van der Waals surface area (Å²) in [5.41, 5.74) is 6.25. The Balaban J connectivity index is 2.21. The van der Waals surface area contributed by atoms with Crippen LogP contribution in [0.2, 0.25) is 0 Å². The van der Waals surface area contributed by atoms with Gasteiger partial charge in [0.2, 0.25) is 0 Å². The van der Waals surface area contributed by atoms with E-state index in [-0.39, 0.29) is 11.1 Å². The van der Waals surface area contributed by atoms with Crippen molar-refractivity contribution in [3.8, 4) is 0 Å². The zero-order valence-electron chi connectivity index (χ0n) is 11.0. The zero-order chi connectivity index (χ0) is 14.6. The molecule has 2 aromatic rings. The molecule has 1 unspecified atom stereocenters. The van der Waals surface area contributed by atoms with Crippen molar-refractivity contribution in [2.75, 3.05) is 0 Å². The van der Waals surface area contributed by atoms with E-state index in [0.29, 0.717) is 13.0 Å². The van der Waals surface area contributed by atoms with E-state index in [0.717, 1.165) is 10.6 Å². The smallest absolute Gasteiger partial charge is 0.258 e. The first kappa shape index (κ1) is 15.0. The van der Waals surface area contributed by atoms with Crippen LogP contribution in [0.15, 0.2) is 34.9 Å². The van der Waals surface area contributed by atoms with Crippen LogP contribution in [0.5, 0.6) is 0 Å². The van der Waals surface area contributed by atoms with Gasteiger partial charge in [-0.3, -0.25) is 0 Å². The van der Waals surface area contributed by atoms with Crippen molar-refractivity contribution in [2.45, 2.75) is 31.0 Å². The highest BCUT2D eigenvalue weighted by atomic mass is 32.2. The van der Waals surface area contributed by atoms with Gasteiger partial charge >= 0.3 is 0 Å². The third-order valence-corrected chi connectivity index (χ3v) is 5.04. The van der Waals surface area contributed by atoms with Gasteiger partial charge in [0.1, 0.15) is 5.01 Å². The van der Waals surface area contributed by atoms with Gasteiger partial charge in [-0.15, -0.1) is 11.3 Å². The van der Waals surface area contributed by atoms with Crippen molar-refractivity contribution in [3.63, 3.8) is 0 Å². The molecule has 0 aliphatic carbocycles. The van der Waals surface area contributed by atoms with E-state index in [4.69, 9.17) is 5.73 Å². The fraction of sp³-hybridized carbons (Fsp3) is 0.333. The molecule has 8 heteroatoms. The first-order valence-electron chi connectivity index (χ1n) is 6.13. The van der Waals surface area contributed by atoms with Gasteiger partial charge in [-0.1, -0.05) is 13.0 Å². The summed E-state index contributed by atoms with van der Waals surface area (Å²) in [7, 11) is -3.66. The second-order valence-corrected chi connectivity index (χ2v) is 6.75. The third-order valence-electron chi connectivity index (χ3n) is 2.76. The normalized spacial score (nSPS) is 13.3. The number of hydrogen-bond acceptors (Lipinski definition) is 6. The Hall–Kier alpha value is -1.35. The molecular weight excluding hydrogens is 296 g/mol. The highest BCUT2D eigenvalue weighted by molar-refractivity contribution is 7.89. The van der Waals surface area contributed by atoms with Crippen molar-refractivity contribution in [1.82, 2.24) is 14.7 Å². The van der Waals surface area contributed by atoms with E-state index in [1.54, 1.807) is 12.3 Å². The Morgan fingerprint density at radius 1 is 1.40 bits per heavy atom. The second-order valence-electron chi connectivity index (χ2n) is 4.16. The fourth-order valence-corrected chi connectivity index (χ4v) is 3.71. The first-order chi connectivity index (χ1) is 9.56. The molecule has 2 rings (SSSR count). The summed E-state index contributed by atoms with van der Waals surface area (Å²) in [5, 5.41) is 2.56. The summed E-state index contributed by atoms with van der Waals surface area (Å²) >= 11 is 1.42. The summed E-state index contributed by atoms with van der Waals surface area (Å²) < 4.78 is 27.2. The Labute approximate surface area is 122 Å². The molecule has 0 radical (unpaired) electrons. The topological polar surface area (TPSA) is 98.0 Å². The van der Waals surface area contributed by atoms with E-state index in [2.05, 4.69) is 14.7 Å². The van der Waals surface area contributed by atoms with Crippen molar-refractivity contribution in [2.24, 2.45) is 5.73 Å². The van der Waals surface area contributed by atoms with Crippen molar-refractivity contribution in [1.29, 1.82) is 0 Å². The van der Waals surface area contributed by atoms with Crippen LogP contribution in [-0.4, -0.2) is 18.4 Å². The molecular formula is C12H16N4O2S2. The second kappa shape index (κ2) is 6.40. The number of rotatable bonds is 6. The first-order valence-corrected chi connectivity index (χ1v) is 8.50. The monoisotopic (exact) mass is 312 g/mol. The number of aromatic nitrogens is 2. The number of nitrogens with zero attached hydrogens (tertiary/aromatic N) is 2. The average molecular weight is 312 g/mol. The summed E-state index contributed by atoms with van der Waals surface area (Å²) in [6.45, 7) is 2.23. The lowest BCUT2D eigenvalue weighted by Gasteiger charge is -2.14. The summed E-state index contributed by atoms with van der Waals surface area (Å²) in [6.07, 6.45) is 3.75. The Bertz CT molecular complexity index is 639. The lowest BCUT2D eigenvalue weighted by atomic mass is 10.3. The lowest BCUT2D eigenvalue weighted by molar-refractivity contribution is 0.545. The molecule has 20 heavy (non-hydrogen) atoms. The van der Waals surface area contributed by atoms with E-state index in [9.17, 15) is 8.42 Å². The minimum Gasteiger partial charge on any atom is -0.326 e. The molecule has 1 atom stereocenters. The molecule has 0 saturated heterocycles. The molecule has 0 aliphatic rings. The van der Waals surface area contributed by atoms with Crippen LogP contribution in [0.3, 0.4) is 0 Å². The van der Waals surface area contributed by atoms with Crippen LogP contribution < -0.4 is 10.5 Å². The van der Waals surface area contributed by atoms with E-state index in [1.807, 2.05) is 12.3 Å². The zero-order valence-corrected chi connectivity index (χ0v) is 12.6. The molecule has 0 aliphatic heterocycles. The van der Waals surface area contributed by atoms with Crippen LogP contribution in [0.1, 0.15) is 30.0 Å². The van der Waals surface area contributed by atoms with Crippen LogP contribution in [-0.2, 0) is 16.6 Å². The predicted molar refractivity (Wildman–Crippen MR) is 77.6 cm³/mol. The maximum atomic E-state index is 12.3. The average Bonchev–Trinajstić information content (AvgIpc) is 2.99. The highest BCUT2D eigenvalue weighted by Crippen LogP contribution is 2.21. The number of thiazole rings is 1. The van der Waals surface area contributed by atoms with Crippen LogP contribution >= 0.6 is 11.3 Å². The van der Waals surface area contributed by atoms with Crippen molar-refractivity contribution < 1.29 is 8.42 Å². The quantitative estimate of drug-likeness (QED) is 0.840. The molecule has 0 amide bonds. The minimum absolute atomic E-state index is 0.00953. The van der Waals surface area contributed by atoms with Gasteiger partial charge in [0.25, 0.3) is 10.0 Å². The minimum atomic E-state index is -3.66. The molecule has 0 aromatic carbocycles. The molecule has 0 fully saturated rings. The Morgan fingerprint density at radius 3 is 2.70 bits per heavy atom. The Morgan fingerprint density at radius 2 is 2.20 bits per heavy atom. The number of hydrogen-bond donors (Lipinski definition) is 2. The fourth-order valence-electron chi connectivity index (χ4n) is 1.65. The summed E-state index contributed by atoms with van der Waals surface area (Å²) in [5.74, 6) is 0. The maximum absolute atomic E-state index is 12.3. The lowest BCUT2D eigenvalue weighted by Crippen LogP contribution is -2.29. The number of nitrogens with two attached hydrogens (primary N) is 1. The van der Waals surface area contributed by atoms with Crippen molar-refractivity contribution >= 4 is 21.4 Å². The molecule has 2 aromatic heterocycles. The summed E-state index contributed by atoms with van der Waals surface area (Å²) in [4.78, 5) is 8.09. The van der Waals surface area contributed by atoms with Crippen LogP contribution in [0.4, 0.5) is 0 Å². The Kier molecular flexibility index (Phi) is 4.81. The molecule has 0 saturated carbocycles. The third kappa shape index (κ3) is 3.40.